The second-order valence-corrected chi connectivity index (χ2v) is 6.18. The molecule has 0 aliphatic carbocycles. The molecule has 0 radical (unpaired) electrons. The predicted octanol–water partition coefficient (Wildman–Crippen LogP) is 1.02. The Balaban J connectivity index is 2.11. The van der Waals surface area contributed by atoms with Crippen LogP contribution in [0.15, 0.2) is 12.4 Å². The highest BCUT2D eigenvalue weighted by Gasteiger charge is 2.27. The Morgan fingerprint density at radius 2 is 2.00 bits per heavy atom. The Hall–Kier alpha value is -1.30. The summed E-state index contributed by atoms with van der Waals surface area (Å²) in [6.45, 7) is 5.80. The molecule has 1 aromatic rings. The summed E-state index contributed by atoms with van der Waals surface area (Å²) in [5.74, 6) is 0.272. The van der Waals surface area contributed by atoms with Gasteiger partial charge < -0.3 is 10.6 Å². The second kappa shape index (κ2) is 4.91. The monoisotopic (exact) mass is 252 g/mol. The molecule has 1 saturated heterocycles. The van der Waals surface area contributed by atoms with Crippen LogP contribution in [-0.4, -0.2) is 44.4 Å². The highest BCUT2D eigenvalue weighted by atomic mass is 32.2. The number of amides is 1. The second-order valence-electron chi connectivity index (χ2n) is 4.29. The molecule has 5 nitrogen and oxygen atoms in total. The quantitative estimate of drug-likeness (QED) is 0.808. The minimum atomic E-state index is -0.0588. The molecule has 17 heavy (non-hydrogen) atoms. The molecule has 2 unspecified atom stereocenters. The van der Waals surface area contributed by atoms with E-state index in [0.29, 0.717) is 22.0 Å². The number of thioether (sulfide) groups is 1. The number of rotatable bonds is 1. The molecule has 92 valence electrons. The Morgan fingerprint density at radius 3 is 2.53 bits per heavy atom. The first-order valence-electron chi connectivity index (χ1n) is 5.58. The molecule has 2 N–H and O–H groups in total. The van der Waals surface area contributed by atoms with Gasteiger partial charge in [0.1, 0.15) is 11.5 Å². The summed E-state index contributed by atoms with van der Waals surface area (Å²) in [6, 6.07) is 0. The number of aromatic nitrogens is 2. The van der Waals surface area contributed by atoms with Crippen molar-refractivity contribution in [2.24, 2.45) is 0 Å². The average molecular weight is 252 g/mol. The molecule has 1 aromatic heterocycles. The minimum absolute atomic E-state index is 0.0588. The number of hydrogen-bond donors (Lipinski definition) is 1. The van der Waals surface area contributed by atoms with Crippen molar-refractivity contribution < 1.29 is 4.79 Å². The van der Waals surface area contributed by atoms with Crippen molar-refractivity contribution in [3.8, 4) is 0 Å². The molecule has 2 rings (SSSR count). The van der Waals surface area contributed by atoms with Gasteiger partial charge >= 0.3 is 0 Å². The molecule has 2 heterocycles. The lowest BCUT2D eigenvalue weighted by atomic mass is 10.3. The summed E-state index contributed by atoms with van der Waals surface area (Å²) in [4.78, 5) is 21.9. The zero-order valence-electron chi connectivity index (χ0n) is 9.96. The van der Waals surface area contributed by atoms with Gasteiger partial charge in [0, 0.05) is 23.6 Å². The van der Waals surface area contributed by atoms with E-state index in [1.807, 2.05) is 16.7 Å². The maximum absolute atomic E-state index is 12.2. The van der Waals surface area contributed by atoms with Crippen LogP contribution in [0.25, 0.3) is 0 Å². The first-order valence-corrected chi connectivity index (χ1v) is 6.53. The fourth-order valence-corrected chi connectivity index (χ4v) is 3.28. The molecule has 0 aromatic carbocycles. The first-order chi connectivity index (χ1) is 8.06. The highest BCUT2D eigenvalue weighted by Crippen LogP contribution is 2.25. The third kappa shape index (κ3) is 2.88. The Kier molecular flexibility index (Phi) is 3.51. The van der Waals surface area contributed by atoms with Crippen LogP contribution in [0.2, 0.25) is 0 Å². The van der Waals surface area contributed by atoms with Gasteiger partial charge in [-0.05, 0) is 0 Å². The lowest BCUT2D eigenvalue weighted by molar-refractivity contribution is 0.0747. The summed E-state index contributed by atoms with van der Waals surface area (Å²) in [7, 11) is 0. The summed E-state index contributed by atoms with van der Waals surface area (Å²) < 4.78 is 0. The van der Waals surface area contributed by atoms with Gasteiger partial charge in [-0.2, -0.15) is 11.8 Å². The number of nitrogens with two attached hydrogens (primary N) is 1. The van der Waals surface area contributed by atoms with E-state index in [1.54, 1.807) is 0 Å². The third-order valence-corrected chi connectivity index (χ3v) is 3.83. The minimum Gasteiger partial charge on any atom is -0.382 e. The van der Waals surface area contributed by atoms with E-state index < -0.39 is 0 Å². The predicted molar refractivity (Wildman–Crippen MR) is 68.9 cm³/mol. The number of nitrogen functional groups attached to an aromatic ring is 1. The van der Waals surface area contributed by atoms with Crippen LogP contribution < -0.4 is 5.73 Å². The molecule has 6 heteroatoms. The van der Waals surface area contributed by atoms with Crippen LogP contribution in [0, 0.1) is 0 Å². The van der Waals surface area contributed by atoms with Crippen LogP contribution in [0.3, 0.4) is 0 Å². The van der Waals surface area contributed by atoms with Crippen molar-refractivity contribution >= 4 is 23.5 Å². The molecule has 0 bridgehead atoms. The lowest BCUT2D eigenvalue weighted by Crippen LogP contribution is -2.44. The van der Waals surface area contributed by atoms with E-state index >= 15 is 0 Å². The van der Waals surface area contributed by atoms with Gasteiger partial charge in [0.25, 0.3) is 5.91 Å². The molecule has 1 aliphatic rings. The maximum atomic E-state index is 12.2. The Labute approximate surface area is 105 Å². The van der Waals surface area contributed by atoms with Crippen molar-refractivity contribution in [1.29, 1.82) is 0 Å². The van der Waals surface area contributed by atoms with E-state index in [1.165, 1.54) is 12.4 Å². The van der Waals surface area contributed by atoms with E-state index in [2.05, 4.69) is 23.8 Å². The van der Waals surface area contributed by atoms with Crippen LogP contribution in [0.5, 0.6) is 0 Å². The van der Waals surface area contributed by atoms with E-state index in [4.69, 9.17) is 5.73 Å². The molecule has 0 spiro atoms. The molecule has 1 amide bonds. The smallest absolute Gasteiger partial charge is 0.274 e. The van der Waals surface area contributed by atoms with Crippen molar-refractivity contribution in [1.82, 2.24) is 14.9 Å². The first kappa shape index (κ1) is 12.2. The summed E-state index contributed by atoms with van der Waals surface area (Å²) in [5, 5.41) is 0.925. The maximum Gasteiger partial charge on any atom is 0.274 e. The van der Waals surface area contributed by atoms with Crippen LogP contribution >= 0.6 is 11.8 Å². The SMILES string of the molecule is CC1CN(C(=O)c2cnc(N)cn2)CC(C)S1. The van der Waals surface area contributed by atoms with E-state index in [-0.39, 0.29) is 5.91 Å². The van der Waals surface area contributed by atoms with Gasteiger partial charge in [0.05, 0.1) is 12.4 Å². The fraction of sp³-hybridized carbons (Fsp3) is 0.545. The van der Waals surface area contributed by atoms with Gasteiger partial charge in [-0.25, -0.2) is 9.97 Å². The number of nitrogens with zero attached hydrogens (tertiary/aromatic N) is 3. The Bertz CT molecular complexity index is 398. The summed E-state index contributed by atoms with van der Waals surface area (Å²) >= 11 is 1.91. The topological polar surface area (TPSA) is 72.1 Å². The highest BCUT2D eigenvalue weighted by molar-refractivity contribution is 8.00. The lowest BCUT2D eigenvalue weighted by Gasteiger charge is -2.34. The van der Waals surface area contributed by atoms with Crippen molar-refractivity contribution in [3.63, 3.8) is 0 Å². The standard InChI is InChI=1S/C11H16N4OS/c1-7-5-15(6-8(2)17-7)11(16)9-3-14-10(12)4-13-9/h3-4,7-8H,5-6H2,1-2H3,(H2,12,14). The molecular formula is C11H16N4OS. The molecule has 1 aliphatic heterocycles. The Morgan fingerprint density at radius 1 is 1.35 bits per heavy atom. The fourth-order valence-electron chi connectivity index (χ4n) is 1.95. The van der Waals surface area contributed by atoms with Crippen LogP contribution in [-0.2, 0) is 0 Å². The largest absolute Gasteiger partial charge is 0.382 e. The summed E-state index contributed by atoms with van der Waals surface area (Å²) in [5.41, 5.74) is 5.81. The van der Waals surface area contributed by atoms with Crippen LogP contribution in [0.4, 0.5) is 5.82 Å². The van der Waals surface area contributed by atoms with E-state index in [0.717, 1.165) is 13.1 Å². The third-order valence-electron chi connectivity index (χ3n) is 2.60. The normalized spacial score (nSPS) is 24.7. The van der Waals surface area contributed by atoms with Gasteiger partial charge in [-0.15, -0.1) is 0 Å². The van der Waals surface area contributed by atoms with Gasteiger partial charge in [0.15, 0.2) is 0 Å². The molecule has 1 fully saturated rings. The van der Waals surface area contributed by atoms with Crippen molar-refractivity contribution in [2.45, 2.75) is 24.3 Å². The van der Waals surface area contributed by atoms with Gasteiger partial charge in [-0.3, -0.25) is 4.79 Å². The molecular weight excluding hydrogens is 236 g/mol. The summed E-state index contributed by atoms with van der Waals surface area (Å²) in [6.07, 6.45) is 2.85. The van der Waals surface area contributed by atoms with Gasteiger partial charge in [-0.1, -0.05) is 13.8 Å². The average Bonchev–Trinajstić information content (AvgIpc) is 2.28. The van der Waals surface area contributed by atoms with Gasteiger partial charge in [0.2, 0.25) is 0 Å². The number of hydrogen-bond acceptors (Lipinski definition) is 5. The zero-order valence-corrected chi connectivity index (χ0v) is 10.8. The van der Waals surface area contributed by atoms with Crippen molar-refractivity contribution in [2.75, 3.05) is 18.8 Å². The number of carbonyl (C=O) groups excluding carboxylic acids is 1. The van der Waals surface area contributed by atoms with E-state index in [9.17, 15) is 4.79 Å². The zero-order chi connectivity index (χ0) is 12.4. The van der Waals surface area contributed by atoms with Crippen LogP contribution in [0.1, 0.15) is 24.3 Å². The molecule has 2 atom stereocenters. The van der Waals surface area contributed by atoms with Crippen molar-refractivity contribution in [3.05, 3.63) is 18.1 Å². The number of anilines is 1. The molecule has 0 saturated carbocycles. The number of carbonyl (C=O) groups is 1.